The van der Waals surface area contributed by atoms with E-state index in [1.54, 1.807) is 19.1 Å². The van der Waals surface area contributed by atoms with Crippen LogP contribution in [0.4, 0.5) is 9.18 Å². The topological polar surface area (TPSA) is 49.4 Å². The second kappa shape index (κ2) is 6.36. The summed E-state index contributed by atoms with van der Waals surface area (Å²) in [5, 5.41) is 2.74. The molecule has 0 spiro atoms. The summed E-state index contributed by atoms with van der Waals surface area (Å²) < 4.78 is 14.5. The van der Waals surface area contributed by atoms with Crippen LogP contribution in [0, 0.1) is 11.7 Å². The van der Waals surface area contributed by atoms with Gasteiger partial charge in [0.05, 0.1) is 6.54 Å². The molecule has 1 atom stereocenters. The third-order valence-electron chi connectivity index (χ3n) is 3.91. The molecule has 120 valence electrons. The highest BCUT2D eigenvalue weighted by molar-refractivity contribution is 9.10. The van der Waals surface area contributed by atoms with Gasteiger partial charge in [0.15, 0.2) is 0 Å². The molecule has 1 aliphatic heterocycles. The largest absolute Gasteiger partial charge is 0.325 e. The van der Waals surface area contributed by atoms with Crippen molar-refractivity contribution in [3.05, 3.63) is 34.1 Å². The van der Waals surface area contributed by atoms with E-state index < -0.39 is 17.4 Å². The van der Waals surface area contributed by atoms with E-state index in [9.17, 15) is 14.0 Å². The van der Waals surface area contributed by atoms with E-state index in [0.29, 0.717) is 22.4 Å². The summed E-state index contributed by atoms with van der Waals surface area (Å²) in [5.41, 5.74) is -0.576. The van der Waals surface area contributed by atoms with Crippen LogP contribution in [-0.2, 0) is 11.3 Å². The van der Waals surface area contributed by atoms with Crippen LogP contribution in [0.15, 0.2) is 22.7 Å². The Morgan fingerprint density at radius 2 is 2.05 bits per heavy atom. The van der Waals surface area contributed by atoms with Crippen LogP contribution < -0.4 is 5.32 Å². The van der Waals surface area contributed by atoms with Gasteiger partial charge in [-0.3, -0.25) is 9.69 Å². The number of hydrogen-bond donors (Lipinski definition) is 1. The average Bonchev–Trinajstić information content (AvgIpc) is 2.63. The van der Waals surface area contributed by atoms with Crippen molar-refractivity contribution in [1.29, 1.82) is 0 Å². The Labute approximate surface area is 138 Å². The molecule has 6 heteroatoms. The summed E-state index contributed by atoms with van der Waals surface area (Å²) in [6, 6.07) is 4.13. The summed E-state index contributed by atoms with van der Waals surface area (Å²) in [6.07, 6.45) is 1.41. The number of nitrogens with one attached hydrogen (secondary N) is 1. The molecule has 1 N–H and O–H groups in total. The van der Waals surface area contributed by atoms with Crippen LogP contribution in [0.1, 0.15) is 39.2 Å². The molecule has 3 amide bonds. The summed E-state index contributed by atoms with van der Waals surface area (Å²) in [4.78, 5) is 25.7. The quantitative estimate of drug-likeness (QED) is 0.800. The summed E-state index contributed by atoms with van der Waals surface area (Å²) in [7, 11) is 0. The number of rotatable bonds is 5. The van der Waals surface area contributed by atoms with Crippen molar-refractivity contribution >= 4 is 27.9 Å². The molecule has 1 fully saturated rings. The molecule has 0 saturated carbocycles. The minimum Gasteiger partial charge on any atom is -0.323 e. The van der Waals surface area contributed by atoms with Crippen molar-refractivity contribution in [2.24, 2.45) is 5.92 Å². The Bertz CT molecular complexity index is 606. The van der Waals surface area contributed by atoms with Gasteiger partial charge in [-0.15, -0.1) is 0 Å². The Morgan fingerprint density at radius 1 is 1.36 bits per heavy atom. The Kier molecular flexibility index (Phi) is 4.90. The molecule has 1 aromatic carbocycles. The molecule has 1 saturated heterocycles. The third-order valence-corrected chi connectivity index (χ3v) is 4.40. The maximum Gasteiger partial charge on any atom is 0.325 e. The first-order valence-electron chi connectivity index (χ1n) is 7.31. The van der Waals surface area contributed by atoms with Crippen LogP contribution in [0.25, 0.3) is 0 Å². The second-order valence-corrected chi connectivity index (χ2v) is 7.24. The second-order valence-electron chi connectivity index (χ2n) is 6.32. The zero-order valence-corrected chi connectivity index (χ0v) is 14.5. The minimum atomic E-state index is -0.896. The fourth-order valence-electron chi connectivity index (χ4n) is 2.46. The summed E-state index contributed by atoms with van der Waals surface area (Å²) in [6.45, 7) is 5.81. The molecule has 0 unspecified atom stereocenters. The number of benzene rings is 1. The summed E-state index contributed by atoms with van der Waals surface area (Å²) >= 11 is 3.19. The van der Waals surface area contributed by atoms with Gasteiger partial charge in [0.1, 0.15) is 11.4 Å². The van der Waals surface area contributed by atoms with Crippen LogP contribution in [0.3, 0.4) is 0 Å². The fraction of sp³-hybridized carbons (Fsp3) is 0.500. The molecular weight excluding hydrogens is 351 g/mol. The molecule has 1 aromatic rings. The monoisotopic (exact) mass is 370 g/mol. The first kappa shape index (κ1) is 16.9. The number of nitrogens with zero attached hydrogens (tertiary/aromatic N) is 1. The molecule has 2 rings (SSSR count). The maximum absolute atomic E-state index is 13.9. The van der Waals surface area contributed by atoms with E-state index >= 15 is 0 Å². The van der Waals surface area contributed by atoms with Gasteiger partial charge >= 0.3 is 6.03 Å². The van der Waals surface area contributed by atoms with Crippen LogP contribution in [0.5, 0.6) is 0 Å². The van der Waals surface area contributed by atoms with Crippen molar-refractivity contribution < 1.29 is 14.0 Å². The maximum atomic E-state index is 13.9. The molecular formula is C16H20BrFN2O2. The number of halogens is 2. The Hall–Kier alpha value is -1.43. The lowest BCUT2D eigenvalue weighted by Gasteiger charge is -2.22. The van der Waals surface area contributed by atoms with Gasteiger partial charge in [0, 0.05) is 10.0 Å². The van der Waals surface area contributed by atoms with E-state index in [0.717, 1.165) is 11.3 Å². The number of amides is 3. The lowest BCUT2D eigenvalue weighted by Crippen LogP contribution is -2.44. The van der Waals surface area contributed by atoms with Crippen molar-refractivity contribution in [2.45, 2.75) is 45.7 Å². The van der Waals surface area contributed by atoms with Gasteiger partial charge in [-0.2, -0.15) is 0 Å². The number of imide groups is 1. The van der Waals surface area contributed by atoms with Crippen LogP contribution in [0.2, 0.25) is 0 Å². The molecule has 1 aliphatic rings. The lowest BCUT2D eigenvalue weighted by atomic mass is 9.92. The van der Waals surface area contributed by atoms with E-state index in [4.69, 9.17) is 0 Å². The zero-order chi connectivity index (χ0) is 16.5. The molecule has 0 radical (unpaired) electrons. The van der Waals surface area contributed by atoms with Gasteiger partial charge in [-0.05, 0) is 37.8 Å². The third kappa shape index (κ3) is 3.48. The number of urea groups is 1. The summed E-state index contributed by atoms with van der Waals surface area (Å²) in [5.74, 6) is -0.286. The van der Waals surface area contributed by atoms with Crippen LogP contribution >= 0.6 is 15.9 Å². The Morgan fingerprint density at radius 3 is 2.64 bits per heavy atom. The van der Waals surface area contributed by atoms with Gasteiger partial charge in [0.2, 0.25) is 0 Å². The van der Waals surface area contributed by atoms with Crippen LogP contribution in [-0.4, -0.2) is 22.4 Å². The van der Waals surface area contributed by atoms with Gasteiger partial charge in [-0.1, -0.05) is 35.8 Å². The van der Waals surface area contributed by atoms with E-state index in [1.807, 2.05) is 0 Å². The van der Waals surface area contributed by atoms with E-state index in [1.165, 1.54) is 6.07 Å². The number of carbonyl (C=O) groups is 2. The van der Waals surface area contributed by atoms with Crippen molar-refractivity contribution in [3.8, 4) is 0 Å². The predicted molar refractivity (Wildman–Crippen MR) is 85.7 cm³/mol. The lowest BCUT2D eigenvalue weighted by molar-refractivity contribution is -0.131. The fourth-order valence-corrected chi connectivity index (χ4v) is 2.79. The highest BCUT2D eigenvalue weighted by Crippen LogP contribution is 2.27. The molecule has 4 nitrogen and oxygen atoms in total. The Balaban J connectivity index is 2.15. The SMILES string of the molecule is CC(C)CC[C@]1(C)NC(=O)N(Cc2ccc(Br)cc2F)C1=O. The molecule has 22 heavy (non-hydrogen) atoms. The van der Waals surface area contributed by atoms with E-state index in [-0.39, 0.29) is 12.5 Å². The number of hydrogen-bond acceptors (Lipinski definition) is 2. The minimum absolute atomic E-state index is 0.0545. The molecule has 1 heterocycles. The van der Waals surface area contributed by atoms with Crippen molar-refractivity contribution in [3.63, 3.8) is 0 Å². The highest BCUT2D eigenvalue weighted by Gasteiger charge is 2.47. The molecule has 0 aromatic heterocycles. The first-order chi connectivity index (χ1) is 10.2. The smallest absolute Gasteiger partial charge is 0.323 e. The van der Waals surface area contributed by atoms with Gasteiger partial charge in [0.25, 0.3) is 5.91 Å². The van der Waals surface area contributed by atoms with Crippen molar-refractivity contribution in [1.82, 2.24) is 10.2 Å². The van der Waals surface area contributed by atoms with Crippen molar-refractivity contribution in [2.75, 3.05) is 0 Å². The molecule has 0 aliphatic carbocycles. The van der Waals surface area contributed by atoms with Gasteiger partial charge in [-0.25, -0.2) is 9.18 Å². The normalized spacial score (nSPS) is 21.6. The van der Waals surface area contributed by atoms with Gasteiger partial charge < -0.3 is 5.32 Å². The average molecular weight is 371 g/mol. The standard InChI is InChI=1S/C16H20BrFN2O2/c1-10(2)6-7-16(3)14(21)20(15(22)19-16)9-11-4-5-12(17)8-13(11)18/h4-5,8,10H,6-7,9H2,1-3H3,(H,19,22)/t16-/m0/s1. The molecule has 0 bridgehead atoms. The number of carbonyl (C=O) groups excluding carboxylic acids is 2. The zero-order valence-electron chi connectivity index (χ0n) is 13.0. The predicted octanol–water partition coefficient (Wildman–Crippen LogP) is 3.83. The van der Waals surface area contributed by atoms with E-state index in [2.05, 4.69) is 35.1 Å². The highest BCUT2D eigenvalue weighted by atomic mass is 79.9. The first-order valence-corrected chi connectivity index (χ1v) is 8.10.